The number of carbonyl (C=O) groups is 2. The van der Waals surface area contributed by atoms with Crippen molar-refractivity contribution in [1.82, 2.24) is 15.8 Å². The smallest absolute Gasteiger partial charge is 0.288 e. The van der Waals surface area contributed by atoms with Crippen molar-refractivity contribution in [2.24, 2.45) is 0 Å². The van der Waals surface area contributed by atoms with Crippen molar-refractivity contribution in [1.29, 1.82) is 0 Å². The molecule has 2 aromatic rings. The first-order chi connectivity index (χ1) is 10.2. The lowest BCUT2D eigenvalue weighted by molar-refractivity contribution is -0.130. The van der Waals surface area contributed by atoms with Crippen LogP contribution in [0.4, 0.5) is 0 Å². The van der Waals surface area contributed by atoms with E-state index in [-0.39, 0.29) is 11.6 Å². The van der Waals surface area contributed by atoms with E-state index < -0.39 is 12.0 Å². The minimum absolute atomic E-state index is 0.251. The second kappa shape index (κ2) is 5.88. The van der Waals surface area contributed by atoms with E-state index in [0.29, 0.717) is 13.0 Å². The average molecular weight is 285 g/mol. The summed E-state index contributed by atoms with van der Waals surface area (Å²) >= 11 is 0. The third-order valence-corrected chi connectivity index (χ3v) is 3.35. The summed E-state index contributed by atoms with van der Waals surface area (Å²) in [4.78, 5) is 28.0. The Balaban J connectivity index is 1.64. The van der Waals surface area contributed by atoms with Crippen molar-refractivity contribution >= 4 is 22.7 Å². The van der Waals surface area contributed by atoms with Gasteiger partial charge in [-0.2, -0.15) is 0 Å². The number of pyridine rings is 1. The van der Waals surface area contributed by atoms with Gasteiger partial charge in [0.2, 0.25) is 0 Å². The van der Waals surface area contributed by atoms with Gasteiger partial charge in [-0.25, -0.2) is 4.98 Å². The third-order valence-electron chi connectivity index (χ3n) is 3.35. The maximum atomic E-state index is 12.0. The third kappa shape index (κ3) is 3.00. The summed E-state index contributed by atoms with van der Waals surface area (Å²) in [7, 11) is 0. The van der Waals surface area contributed by atoms with Crippen molar-refractivity contribution in [2.45, 2.75) is 18.9 Å². The molecule has 3 rings (SSSR count). The Bertz CT molecular complexity index is 681. The number of nitrogens with zero attached hydrogens (tertiary/aromatic N) is 1. The fourth-order valence-corrected chi connectivity index (χ4v) is 2.24. The number of para-hydroxylation sites is 1. The van der Waals surface area contributed by atoms with E-state index in [9.17, 15) is 9.59 Å². The summed E-state index contributed by atoms with van der Waals surface area (Å²) in [5.41, 5.74) is 5.71. The first kappa shape index (κ1) is 13.5. The Hall–Kier alpha value is -2.47. The lowest BCUT2D eigenvalue weighted by atomic mass is 10.2. The summed E-state index contributed by atoms with van der Waals surface area (Å²) in [6.45, 7) is 0.582. The Morgan fingerprint density at radius 1 is 1.14 bits per heavy atom. The number of hydrogen-bond donors (Lipinski definition) is 2. The van der Waals surface area contributed by atoms with Gasteiger partial charge in [-0.15, -0.1) is 0 Å². The van der Waals surface area contributed by atoms with Gasteiger partial charge >= 0.3 is 0 Å². The Morgan fingerprint density at radius 2 is 2.00 bits per heavy atom. The highest BCUT2D eigenvalue weighted by atomic mass is 16.5. The van der Waals surface area contributed by atoms with Crippen molar-refractivity contribution in [3.05, 3.63) is 42.1 Å². The zero-order chi connectivity index (χ0) is 14.7. The maximum absolute atomic E-state index is 12.0. The first-order valence-corrected chi connectivity index (χ1v) is 6.81. The van der Waals surface area contributed by atoms with Crippen LogP contribution in [0.2, 0.25) is 0 Å². The number of fused-ring (bicyclic) bond motifs is 1. The van der Waals surface area contributed by atoms with Gasteiger partial charge in [0.25, 0.3) is 11.8 Å². The largest absolute Gasteiger partial charge is 0.368 e. The molecule has 6 nitrogen and oxygen atoms in total. The average Bonchev–Trinajstić information content (AvgIpc) is 3.06. The predicted molar refractivity (Wildman–Crippen MR) is 76.3 cm³/mol. The molecule has 1 aliphatic rings. The summed E-state index contributed by atoms with van der Waals surface area (Å²) in [5.74, 6) is -0.784. The molecule has 0 bridgehead atoms. The second-order valence-electron chi connectivity index (χ2n) is 4.83. The van der Waals surface area contributed by atoms with Gasteiger partial charge in [0.1, 0.15) is 11.8 Å². The summed E-state index contributed by atoms with van der Waals surface area (Å²) in [6.07, 6.45) is 1.06. The monoisotopic (exact) mass is 285 g/mol. The Labute approximate surface area is 121 Å². The van der Waals surface area contributed by atoms with Gasteiger partial charge in [0, 0.05) is 12.0 Å². The van der Waals surface area contributed by atoms with Gasteiger partial charge in [-0.05, 0) is 25.0 Å². The molecular formula is C15H15N3O3. The molecule has 0 radical (unpaired) electrons. The number of rotatable bonds is 2. The molecule has 2 amide bonds. The number of ether oxygens (including phenoxy) is 1. The van der Waals surface area contributed by atoms with Crippen molar-refractivity contribution in [3.8, 4) is 0 Å². The number of hydrazine groups is 1. The number of aromatic nitrogens is 1. The van der Waals surface area contributed by atoms with Gasteiger partial charge in [-0.1, -0.05) is 24.3 Å². The Morgan fingerprint density at radius 3 is 2.81 bits per heavy atom. The fraction of sp³-hybridized carbons (Fsp3) is 0.267. The number of nitrogens with one attached hydrogen (secondary N) is 2. The molecular weight excluding hydrogens is 270 g/mol. The highest BCUT2D eigenvalue weighted by Gasteiger charge is 2.23. The molecule has 1 aromatic heterocycles. The van der Waals surface area contributed by atoms with Gasteiger partial charge in [-0.3, -0.25) is 20.4 Å². The van der Waals surface area contributed by atoms with Crippen LogP contribution in [0.3, 0.4) is 0 Å². The predicted octanol–water partition coefficient (Wildman–Crippen LogP) is 1.17. The number of amides is 2. The molecule has 0 spiro atoms. The molecule has 21 heavy (non-hydrogen) atoms. The normalized spacial score (nSPS) is 17.6. The highest BCUT2D eigenvalue weighted by molar-refractivity contribution is 5.96. The van der Waals surface area contributed by atoms with Crippen LogP contribution in [0, 0.1) is 0 Å². The van der Waals surface area contributed by atoms with Crippen LogP contribution in [0.15, 0.2) is 36.4 Å². The molecule has 2 N–H and O–H groups in total. The first-order valence-electron chi connectivity index (χ1n) is 6.81. The van der Waals surface area contributed by atoms with Crippen LogP contribution in [0.1, 0.15) is 23.3 Å². The van der Waals surface area contributed by atoms with Crippen LogP contribution in [-0.4, -0.2) is 29.5 Å². The van der Waals surface area contributed by atoms with Gasteiger partial charge < -0.3 is 4.74 Å². The second-order valence-corrected chi connectivity index (χ2v) is 4.83. The van der Waals surface area contributed by atoms with E-state index in [1.807, 2.05) is 30.3 Å². The van der Waals surface area contributed by atoms with E-state index in [0.717, 1.165) is 17.3 Å². The molecule has 1 aliphatic heterocycles. The fourth-order valence-electron chi connectivity index (χ4n) is 2.24. The van der Waals surface area contributed by atoms with Crippen LogP contribution in [0.25, 0.3) is 10.9 Å². The summed E-state index contributed by atoms with van der Waals surface area (Å²) < 4.78 is 5.23. The van der Waals surface area contributed by atoms with Crippen LogP contribution < -0.4 is 10.9 Å². The molecule has 1 aromatic carbocycles. The van der Waals surface area contributed by atoms with Crippen LogP contribution in [0.5, 0.6) is 0 Å². The summed E-state index contributed by atoms with van der Waals surface area (Å²) in [5, 5.41) is 0.956. The highest BCUT2D eigenvalue weighted by Crippen LogP contribution is 2.12. The van der Waals surface area contributed by atoms with Crippen molar-refractivity contribution in [3.63, 3.8) is 0 Å². The molecule has 1 unspecified atom stereocenters. The molecule has 6 heteroatoms. The number of hydrogen-bond acceptors (Lipinski definition) is 4. The Kier molecular flexibility index (Phi) is 3.79. The van der Waals surface area contributed by atoms with E-state index in [2.05, 4.69) is 15.8 Å². The van der Waals surface area contributed by atoms with E-state index in [1.165, 1.54) is 0 Å². The molecule has 1 saturated heterocycles. The van der Waals surface area contributed by atoms with Crippen molar-refractivity contribution in [2.75, 3.05) is 6.61 Å². The SMILES string of the molecule is O=C(NNC(=O)C1CCCO1)c1ccc2ccccc2n1. The lowest BCUT2D eigenvalue weighted by Gasteiger charge is -2.11. The van der Waals surface area contributed by atoms with Gasteiger partial charge in [0.15, 0.2) is 0 Å². The maximum Gasteiger partial charge on any atom is 0.288 e. The molecule has 0 aliphatic carbocycles. The minimum Gasteiger partial charge on any atom is -0.368 e. The van der Waals surface area contributed by atoms with Crippen LogP contribution in [-0.2, 0) is 9.53 Å². The standard InChI is InChI=1S/C15H15N3O3/c19-14(17-18-15(20)13-6-3-9-21-13)12-8-7-10-4-1-2-5-11(10)16-12/h1-2,4-5,7-8,13H,3,6,9H2,(H,17,19)(H,18,20). The summed E-state index contributed by atoms with van der Waals surface area (Å²) in [6, 6.07) is 11.0. The van der Waals surface area contributed by atoms with Gasteiger partial charge in [0.05, 0.1) is 5.52 Å². The molecule has 108 valence electrons. The van der Waals surface area contributed by atoms with Crippen LogP contribution >= 0.6 is 0 Å². The quantitative estimate of drug-likeness (QED) is 0.812. The number of benzene rings is 1. The zero-order valence-electron chi connectivity index (χ0n) is 11.3. The molecule has 0 saturated carbocycles. The van der Waals surface area contributed by atoms with Crippen molar-refractivity contribution < 1.29 is 14.3 Å². The number of carbonyl (C=O) groups excluding carboxylic acids is 2. The lowest BCUT2D eigenvalue weighted by Crippen LogP contribution is -2.46. The molecule has 2 heterocycles. The molecule has 1 atom stereocenters. The topological polar surface area (TPSA) is 80.3 Å². The van der Waals surface area contributed by atoms with E-state index in [1.54, 1.807) is 6.07 Å². The van der Waals surface area contributed by atoms with E-state index >= 15 is 0 Å². The molecule has 1 fully saturated rings. The minimum atomic E-state index is -0.477. The van der Waals surface area contributed by atoms with E-state index in [4.69, 9.17) is 4.74 Å². The zero-order valence-corrected chi connectivity index (χ0v) is 11.3.